The van der Waals surface area contributed by atoms with Crippen molar-refractivity contribution in [1.82, 2.24) is 9.80 Å². The maximum absolute atomic E-state index is 10.3. The molecule has 4 heteroatoms. The first-order chi connectivity index (χ1) is 9.72. The Balaban J connectivity index is 1.82. The van der Waals surface area contributed by atoms with Gasteiger partial charge in [-0.15, -0.1) is 0 Å². The van der Waals surface area contributed by atoms with E-state index in [2.05, 4.69) is 22.9 Å². The molecule has 2 rings (SSSR count). The first-order valence-corrected chi connectivity index (χ1v) is 7.60. The average Bonchev–Trinajstić information content (AvgIpc) is 3.07. The standard InChI is InChI=1S/C16H26N2O2/c1-3-4-5-6-7-10-18-12-14(17(2)13-18)16(19)15-9-8-11-20-15/h8-9,11-12,16,19H,3-7,10,13H2,1-2H3. The minimum atomic E-state index is -0.667. The number of likely N-dealkylation sites (N-methyl/N-ethyl adjacent to an activating group) is 1. The molecule has 0 amide bonds. The van der Waals surface area contributed by atoms with E-state index in [4.69, 9.17) is 4.42 Å². The second-order valence-electron chi connectivity index (χ2n) is 5.54. The summed E-state index contributed by atoms with van der Waals surface area (Å²) in [4.78, 5) is 4.35. The minimum Gasteiger partial charge on any atom is -0.466 e. The third kappa shape index (κ3) is 3.79. The Morgan fingerprint density at radius 3 is 2.80 bits per heavy atom. The highest BCUT2D eigenvalue weighted by Crippen LogP contribution is 2.28. The van der Waals surface area contributed by atoms with Gasteiger partial charge >= 0.3 is 0 Å². The molecule has 1 aliphatic heterocycles. The largest absolute Gasteiger partial charge is 0.466 e. The van der Waals surface area contributed by atoms with Gasteiger partial charge in [0.05, 0.1) is 18.6 Å². The minimum absolute atomic E-state index is 0.605. The summed E-state index contributed by atoms with van der Waals surface area (Å²) < 4.78 is 5.28. The zero-order valence-corrected chi connectivity index (χ0v) is 12.6. The van der Waals surface area contributed by atoms with Crippen LogP contribution in [0, 0.1) is 0 Å². The molecule has 112 valence electrons. The number of aliphatic hydroxyl groups excluding tert-OH is 1. The van der Waals surface area contributed by atoms with E-state index in [1.807, 2.05) is 13.1 Å². The molecule has 1 atom stereocenters. The van der Waals surface area contributed by atoms with Crippen molar-refractivity contribution in [2.75, 3.05) is 20.3 Å². The number of hydrogen-bond donors (Lipinski definition) is 1. The lowest BCUT2D eigenvalue weighted by molar-refractivity contribution is 0.151. The van der Waals surface area contributed by atoms with E-state index in [1.54, 1.807) is 12.3 Å². The topological polar surface area (TPSA) is 39.9 Å². The Morgan fingerprint density at radius 2 is 2.10 bits per heavy atom. The molecule has 0 aromatic carbocycles. The molecule has 4 nitrogen and oxygen atoms in total. The highest BCUT2D eigenvalue weighted by atomic mass is 16.4. The van der Waals surface area contributed by atoms with Crippen molar-refractivity contribution in [1.29, 1.82) is 0 Å². The van der Waals surface area contributed by atoms with Crippen molar-refractivity contribution in [2.45, 2.75) is 45.1 Å². The van der Waals surface area contributed by atoms with Crippen molar-refractivity contribution < 1.29 is 9.52 Å². The lowest BCUT2D eigenvalue weighted by Gasteiger charge is -2.20. The summed E-state index contributed by atoms with van der Waals surface area (Å²) in [7, 11) is 2.01. The summed E-state index contributed by atoms with van der Waals surface area (Å²) in [6.45, 7) is 4.14. The van der Waals surface area contributed by atoms with Gasteiger partial charge in [-0.3, -0.25) is 0 Å². The first kappa shape index (κ1) is 15.0. The molecule has 1 N–H and O–H groups in total. The van der Waals surface area contributed by atoms with Crippen LogP contribution in [0.4, 0.5) is 0 Å². The molecule has 0 saturated carbocycles. The van der Waals surface area contributed by atoms with Gasteiger partial charge in [-0.1, -0.05) is 32.6 Å². The molecule has 0 fully saturated rings. The van der Waals surface area contributed by atoms with Crippen LogP contribution >= 0.6 is 0 Å². The van der Waals surface area contributed by atoms with Crippen LogP contribution in [0.2, 0.25) is 0 Å². The van der Waals surface area contributed by atoms with E-state index in [0.717, 1.165) is 18.9 Å². The predicted octanol–water partition coefficient (Wildman–Crippen LogP) is 3.33. The van der Waals surface area contributed by atoms with Crippen LogP contribution in [0.25, 0.3) is 0 Å². The van der Waals surface area contributed by atoms with E-state index in [1.165, 1.54) is 32.1 Å². The van der Waals surface area contributed by atoms with Crippen LogP contribution in [0.3, 0.4) is 0 Å². The molecule has 2 heterocycles. The molecule has 0 spiro atoms. The van der Waals surface area contributed by atoms with Crippen molar-refractivity contribution in [2.24, 2.45) is 0 Å². The van der Waals surface area contributed by atoms with Crippen LogP contribution in [0.15, 0.2) is 34.7 Å². The van der Waals surface area contributed by atoms with Gasteiger partial charge in [0.25, 0.3) is 0 Å². The summed E-state index contributed by atoms with van der Waals surface area (Å²) in [5.41, 5.74) is 0.911. The lowest BCUT2D eigenvalue weighted by atomic mass is 10.1. The summed E-state index contributed by atoms with van der Waals surface area (Å²) in [5, 5.41) is 10.3. The van der Waals surface area contributed by atoms with Gasteiger partial charge in [0.1, 0.15) is 5.76 Å². The molecule has 1 unspecified atom stereocenters. The van der Waals surface area contributed by atoms with E-state index >= 15 is 0 Å². The Labute approximate surface area is 121 Å². The fraction of sp³-hybridized carbons (Fsp3) is 0.625. The number of rotatable bonds is 8. The maximum atomic E-state index is 10.3. The van der Waals surface area contributed by atoms with E-state index in [-0.39, 0.29) is 0 Å². The number of hydrogen-bond acceptors (Lipinski definition) is 4. The zero-order chi connectivity index (χ0) is 14.4. The smallest absolute Gasteiger partial charge is 0.153 e. The molecule has 0 radical (unpaired) electrons. The highest BCUT2D eigenvalue weighted by molar-refractivity contribution is 5.19. The molecule has 0 aliphatic carbocycles. The van der Waals surface area contributed by atoms with Gasteiger partial charge in [-0.2, -0.15) is 0 Å². The summed E-state index contributed by atoms with van der Waals surface area (Å²) in [5.74, 6) is 0.605. The number of aliphatic hydroxyl groups is 1. The number of nitrogens with zero attached hydrogens (tertiary/aromatic N) is 2. The second-order valence-corrected chi connectivity index (χ2v) is 5.54. The van der Waals surface area contributed by atoms with Gasteiger partial charge in [0, 0.05) is 19.8 Å². The quantitative estimate of drug-likeness (QED) is 0.740. The summed E-state index contributed by atoms with van der Waals surface area (Å²) in [6.07, 6.45) is 9.44. The number of unbranched alkanes of at least 4 members (excludes halogenated alkanes) is 4. The highest BCUT2D eigenvalue weighted by Gasteiger charge is 2.25. The average molecular weight is 278 g/mol. The van der Waals surface area contributed by atoms with E-state index in [0.29, 0.717) is 5.76 Å². The van der Waals surface area contributed by atoms with E-state index < -0.39 is 6.10 Å². The molecule has 0 saturated heterocycles. The van der Waals surface area contributed by atoms with Crippen molar-refractivity contribution >= 4 is 0 Å². The van der Waals surface area contributed by atoms with Crippen molar-refractivity contribution in [3.05, 3.63) is 36.1 Å². The fourth-order valence-electron chi connectivity index (χ4n) is 2.61. The van der Waals surface area contributed by atoms with Crippen LogP contribution < -0.4 is 0 Å². The predicted molar refractivity (Wildman–Crippen MR) is 79.8 cm³/mol. The zero-order valence-electron chi connectivity index (χ0n) is 12.6. The van der Waals surface area contributed by atoms with Crippen LogP contribution in [0.1, 0.15) is 50.9 Å². The molecule has 0 bridgehead atoms. The first-order valence-electron chi connectivity index (χ1n) is 7.60. The van der Waals surface area contributed by atoms with Crippen LogP contribution in [-0.4, -0.2) is 35.2 Å². The lowest BCUT2D eigenvalue weighted by Crippen LogP contribution is -2.25. The fourth-order valence-corrected chi connectivity index (χ4v) is 2.61. The Morgan fingerprint density at radius 1 is 1.30 bits per heavy atom. The molecular weight excluding hydrogens is 252 g/mol. The maximum Gasteiger partial charge on any atom is 0.153 e. The van der Waals surface area contributed by atoms with Crippen LogP contribution in [0.5, 0.6) is 0 Å². The van der Waals surface area contributed by atoms with Crippen molar-refractivity contribution in [3.63, 3.8) is 0 Å². The molecule has 20 heavy (non-hydrogen) atoms. The van der Waals surface area contributed by atoms with Gasteiger partial charge in [-0.05, 0) is 18.6 Å². The Kier molecular flexibility index (Phi) is 5.53. The van der Waals surface area contributed by atoms with E-state index in [9.17, 15) is 5.11 Å². The van der Waals surface area contributed by atoms with Gasteiger partial charge in [0.15, 0.2) is 6.10 Å². The molecule has 1 aromatic heterocycles. The van der Waals surface area contributed by atoms with Crippen LogP contribution in [-0.2, 0) is 0 Å². The molecule has 1 aliphatic rings. The Bertz CT molecular complexity index is 414. The van der Waals surface area contributed by atoms with Crippen molar-refractivity contribution in [3.8, 4) is 0 Å². The third-order valence-electron chi connectivity index (χ3n) is 3.79. The summed E-state index contributed by atoms with van der Waals surface area (Å²) >= 11 is 0. The second kappa shape index (κ2) is 7.39. The van der Waals surface area contributed by atoms with Gasteiger partial charge < -0.3 is 19.3 Å². The SMILES string of the molecule is CCCCCCCN1C=C(C(O)c2ccco2)N(C)C1. The summed E-state index contributed by atoms with van der Waals surface area (Å²) in [6, 6.07) is 3.62. The monoisotopic (exact) mass is 278 g/mol. The molecule has 1 aromatic rings. The van der Waals surface area contributed by atoms with Gasteiger partial charge in [-0.25, -0.2) is 0 Å². The number of furan rings is 1. The normalized spacial score (nSPS) is 16.6. The molecular formula is C16H26N2O2. The van der Waals surface area contributed by atoms with Gasteiger partial charge in [0.2, 0.25) is 0 Å². The Hall–Kier alpha value is -1.42. The third-order valence-corrected chi connectivity index (χ3v) is 3.79.